The van der Waals surface area contributed by atoms with Gasteiger partial charge in [0.1, 0.15) is 0 Å². The summed E-state index contributed by atoms with van der Waals surface area (Å²) >= 11 is 3.16. The molecule has 2 rings (SSSR count). The third-order valence-electron chi connectivity index (χ3n) is 3.21. The van der Waals surface area contributed by atoms with Crippen molar-refractivity contribution in [2.75, 3.05) is 25.5 Å². The highest BCUT2D eigenvalue weighted by Gasteiger charge is 2.26. The topological polar surface area (TPSA) is 78.9 Å². The van der Waals surface area contributed by atoms with Gasteiger partial charge in [-0.3, -0.25) is 0 Å². The zero-order chi connectivity index (χ0) is 14.7. The normalized spacial score (nSPS) is 18.1. The van der Waals surface area contributed by atoms with Crippen LogP contribution in [0.3, 0.4) is 0 Å². The number of ether oxygens (including phenoxy) is 1. The summed E-state index contributed by atoms with van der Waals surface area (Å²) in [6.45, 7) is 1.18. The highest BCUT2D eigenvalue weighted by molar-refractivity contribution is 9.10. The van der Waals surface area contributed by atoms with Crippen LogP contribution in [-0.2, 0) is 4.74 Å². The molecule has 0 aromatic heterocycles. The van der Waals surface area contributed by atoms with Gasteiger partial charge in [0.25, 0.3) is 0 Å². The summed E-state index contributed by atoms with van der Waals surface area (Å²) in [5.41, 5.74) is 0.565. The van der Waals surface area contributed by atoms with Gasteiger partial charge in [-0.25, -0.2) is 9.59 Å². The number of aromatic carboxylic acids is 1. The fourth-order valence-corrected chi connectivity index (χ4v) is 2.49. The number of hydrogen-bond donors (Lipinski definition) is 2. The smallest absolute Gasteiger partial charge is 0.336 e. The third kappa shape index (κ3) is 3.29. The van der Waals surface area contributed by atoms with Gasteiger partial charge in [0.15, 0.2) is 0 Å². The number of hydrogen-bond acceptors (Lipinski definition) is 3. The second-order valence-corrected chi connectivity index (χ2v) is 5.38. The van der Waals surface area contributed by atoms with E-state index in [1.807, 2.05) is 0 Å². The molecular weight excluding hydrogens is 328 g/mol. The Kier molecular flexibility index (Phi) is 4.61. The molecule has 0 aliphatic carbocycles. The van der Waals surface area contributed by atoms with E-state index in [-0.39, 0.29) is 17.7 Å². The molecule has 1 atom stereocenters. The van der Waals surface area contributed by atoms with Gasteiger partial charge in [0, 0.05) is 30.4 Å². The Balaban J connectivity index is 2.05. The standard InChI is InChI=1S/C13H15BrN2O4/c1-20-9-4-5-16(7-9)13(19)15-8-2-3-11(14)10(6-8)12(17)18/h2-3,6,9H,4-5,7H2,1H3,(H,15,19)(H,17,18). The number of amides is 2. The lowest BCUT2D eigenvalue weighted by molar-refractivity contribution is 0.0696. The maximum atomic E-state index is 12.0. The lowest BCUT2D eigenvalue weighted by Gasteiger charge is -2.17. The van der Waals surface area contributed by atoms with Gasteiger partial charge in [-0.05, 0) is 40.5 Å². The van der Waals surface area contributed by atoms with Crippen LogP contribution in [0.2, 0.25) is 0 Å². The quantitative estimate of drug-likeness (QED) is 0.883. The largest absolute Gasteiger partial charge is 0.478 e. The van der Waals surface area contributed by atoms with Gasteiger partial charge in [-0.2, -0.15) is 0 Å². The van der Waals surface area contributed by atoms with Gasteiger partial charge in [-0.1, -0.05) is 0 Å². The number of carbonyl (C=O) groups is 2. The molecule has 6 nitrogen and oxygen atoms in total. The molecule has 1 aliphatic heterocycles. The number of rotatable bonds is 3. The second-order valence-electron chi connectivity index (χ2n) is 4.52. The number of urea groups is 1. The average molecular weight is 343 g/mol. The fourth-order valence-electron chi connectivity index (χ4n) is 2.07. The van der Waals surface area contributed by atoms with Crippen LogP contribution >= 0.6 is 15.9 Å². The summed E-state index contributed by atoms with van der Waals surface area (Å²) in [7, 11) is 1.62. The number of carboxylic acids is 1. The van der Waals surface area contributed by atoms with Gasteiger partial charge >= 0.3 is 12.0 Å². The van der Waals surface area contributed by atoms with Crippen molar-refractivity contribution in [3.05, 3.63) is 28.2 Å². The third-order valence-corrected chi connectivity index (χ3v) is 3.91. The number of nitrogens with zero attached hydrogens (tertiary/aromatic N) is 1. The molecule has 108 valence electrons. The summed E-state index contributed by atoms with van der Waals surface area (Å²) in [5.74, 6) is -1.05. The van der Waals surface area contributed by atoms with Gasteiger partial charge in [0.05, 0.1) is 11.7 Å². The average Bonchev–Trinajstić information content (AvgIpc) is 2.89. The number of carbonyl (C=O) groups excluding carboxylic acids is 1. The van der Waals surface area contributed by atoms with Crippen LogP contribution in [0.15, 0.2) is 22.7 Å². The van der Waals surface area contributed by atoms with E-state index in [1.54, 1.807) is 24.1 Å². The van der Waals surface area contributed by atoms with Crippen LogP contribution in [0.25, 0.3) is 0 Å². The molecule has 1 heterocycles. The fraction of sp³-hybridized carbons (Fsp3) is 0.385. The van der Waals surface area contributed by atoms with E-state index >= 15 is 0 Å². The number of likely N-dealkylation sites (tertiary alicyclic amines) is 1. The first-order valence-corrected chi connectivity index (χ1v) is 6.92. The van der Waals surface area contributed by atoms with Crippen molar-refractivity contribution < 1.29 is 19.4 Å². The van der Waals surface area contributed by atoms with Gasteiger partial charge < -0.3 is 20.1 Å². The zero-order valence-corrected chi connectivity index (χ0v) is 12.5. The molecule has 7 heteroatoms. The van der Waals surface area contributed by atoms with E-state index in [9.17, 15) is 9.59 Å². The molecular formula is C13H15BrN2O4. The van der Waals surface area contributed by atoms with Crippen LogP contribution in [-0.4, -0.2) is 48.3 Å². The second kappa shape index (κ2) is 6.23. The molecule has 1 aliphatic rings. The minimum atomic E-state index is -1.05. The Morgan fingerprint density at radius 1 is 1.50 bits per heavy atom. The Hall–Kier alpha value is -1.60. The number of methoxy groups -OCH3 is 1. The van der Waals surface area contributed by atoms with Crippen molar-refractivity contribution in [2.24, 2.45) is 0 Å². The summed E-state index contributed by atoms with van der Waals surface area (Å²) < 4.78 is 5.68. The summed E-state index contributed by atoms with van der Waals surface area (Å²) in [5, 5.41) is 11.7. The van der Waals surface area contributed by atoms with E-state index < -0.39 is 5.97 Å². The Bertz CT molecular complexity index is 535. The minimum Gasteiger partial charge on any atom is -0.478 e. The van der Waals surface area contributed by atoms with Crippen LogP contribution in [0, 0.1) is 0 Å². The van der Waals surface area contributed by atoms with Crippen molar-refractivity contribution in [3.8, 4) is 0 Å². The molecule has 20 heavy (non-hydrogen) atoms. The molecule has 1 aromatic rings. The van der Waals surface area contributed by atoms with E-state index in [0.717, 1.165) is 6.42 Å². The van der Waals surface area contributed by atoms with Crippen molar-refractivity contribution in [3.63, 3.8) is 0 Å². The first-order chi connectivity index (χ1) is 9.51. The number of carboxylic acid groups (broad SMARTS) is 1. The molecule has 0 saturated carbocycles. The first kappa shape index (κ1) is 14.8. The minimum absolute atomic E-state index is 0.0697. The van der Waals surface area contributed by atoms with Crippen molar-refractivity contribution in [1.29, 1.82) is 0 Å². The lowest BCUT2D eigenvalue weighted by atomic mass is 10.2. The van der Waals surface area contributed by atoms with Crippen molar-refractivity contribution in [1.82, 2.24) is 4.90 Å². The SMILES string of the molecule is COC1CCN(C(=O)Nc2ccc(Br)c(C(=O)O)c2)C1. The molecule has 0 spiro atoms. The molecule has 1 fully saturated rings. The predicted octanol–water partition coefficient (Wildman–Crippen LogP) is 2.40. The van der Waals surface area contributed by atoms with Crippen LogP contribution in [0.4, 0.5) is 10.5 Å². The van der Waals surface area contributed by atoms with Crippen LogP contribution in [0.1, 0.15) is 16.8 Å². The summed E-state index contributed by atoms with van der Waals surface area (Å²) in [6, 6.07) is 4.43. The van der Waals surface area contributed by atoms with E-state index in [4.69, 9.17) is 9.84 Å². The molecule has 0 bridgehead atoms. The monoisotopic (exact) mass is 342 g/mol. The van der Waals surface area contributed by atoms with Crippen molar-refractivity contribution in [2.45, 2.75) is 12.5 Å². The maximum Gasteiger partial charge on any atom is 0.336 e. The van der Waals surface area contributed by atoms with Gasteiger partial charge in [-0.15, -0.1) is 0 Å². The van der Waals surface area contributed by atoms with Crippen LogP contribution in [0.5, 0.6) is 0 Å². The Morgan fingerprint density at radius 2 is 2.25 bits per heavy atom. The summed E-state index contributed by atoms with van der Waals surface area (Å²) in [6.07, 6.45) is 0.880. The Morgan fingerprint density at radius 3 is 2.85 bits per heavy atom. The molecule has 1 aromatic carbocycles. The first-order valence-electron chi connectivity index (χ1n) is 6.13. The highest BCUT2D eigenvalue weighted by Crippen LogP contribution is 2.22. The summed E-state index contributed by atoms with van der Waals surface area (Å²) in [4.78, 5) is 24.7. The van der Waals surface area contributed by atoms with E-state index in [0.29, 0.717) is 23.2 Å². The molecule has 1 saturated heterocycles. The van der Waals surface area contributed by atoms with Gasteiger partial charge in [0.2, 0.25) is 0 Å². The number of benzene rings is 1. The Labute approximate surface area is 124 Å². The highest BCUT2D eigenvalue weighted by atomic mass is 79.9. The van der Waals surface area contributed by atoms with E-state index in [2.05, 4.69) is 21.2 Å². The number of anilines is 1. The van der Waals surface area contributed by atoms with Crippen molar-refractivity contribution >= 4 is 33.6 Å². The molecule has 1 unspecified atom stereocenters. The maximum absolute atomic E-state index is 12.0. The molecule has 2 N–H and O–H groups in total. The number of nitrogens with one attached hydrogen (secondary N) is 1. The zero-order valence-electron chi connectivity index (χ0n) is 10.9. The molecule has 0 radical (unpaired) electrons. The van der Waals surface area contributed by atoms with E-state index in [1.165, 1.54) is 6.07 Å². The predicted molar refractivity (Wildman–Crippen MR) is 77.1 cm³/mol. The lowest BCUT2D eigenvalue weighted by Crippen LogP contribution is -2.33. The van der Waals surface area contributed by atoms with Crippen LogP contribution < -0.4 is 5.32 Å². The molecule has 2 amide bonds. The number of halogens is 1.